The van der Waals surface area contributed by atoms with Crippen LogP contribution < -0.4 is 5.73 Å². The first-order valence-electron chi connectivity index (χ1n) is 7.90. The molecule has 2 heterocycles. The molecule has 0 aliphatic heterocycles. The molecule has 0 saturated carbocycles. The number of nitrogen functional groups attached to an aromatic ring is 1. The smallest absolute Gasteiger partial charge is 0.238 e. The Kier molecular flexibility index (Phi) is 5.42. The lowest BCUT2D eigenvalue weighted by Crippen LogP contribution is -2.13. The SMILES string of the molecule is CC=Nc1c(C)cc(-c2c(F)cn3nc(N)nc(CC(S)(S)S)c23)cc1F. The molecule has 2 aromatic heterocycles. The Labute approximate surface area is 171 Å². The molecule has 5 nitrogen and oxygen atoms in total. The van der Waals surface area contributed by atoms with Gasteiger partial charge in [-0.05, 0) is 37.1 Å². The number of thiol groups is 3. The summed E-state index contributed by atoms with van der Waals surface area (Å²) in [7, 11) is 0. The van der Waals surface area contributed by atoms with Crippen LogP contribution in [0, 0.1) is 18.6 Å². The molecule has 3 aromatic rings. The number of nitrogens with zero attached hydrogens (tertiary/aromatic N) is 4. The minimum absolute atomic E-state index is 0.0340. The lowest BCUT2D eigenvalue weighted by Gasteiger charge is -2.16. The van der Waals surface area contributed by atoms with Gasteiger partial charge in [0.25, 0.3) is 0 Å². The molecule has 0 unspecified atom stereocenters. The fourth-order valence-electron chi connectivity index (χ4n) is 2.94. The van der Waals surface area contributed by atoms with Gasteiger partial charge in [-0.15, -0.1) is 5.10 Å². The van der Waals surface area contributed by atoms with Gasteiger partial charge in [0.2, 0.25) is 5.95 Å². The van der Waals surface area contributed by atoms with Crippen LogP contribution in [-0.4, -0.2) is 24.2 Å². The van der Waals surface area contributed by atoms with Gasteiger partial charge in [0.15, 0.2) is 5.82 Å². The molecule has 0 atom stereocenters. The van der Waals surface area contributed by atoms with Crippen molar-refractivity contribution >= 4 is 61.3 Å². The predicted molar refractivity (Wildman–Crippen MR) is 115 cm³/mol. The van der Waals surface area contributed by atoms with E-state index in [0.717, 1.165) is 0 Å². The monoisotopic (exact) mass is 425 g/mol. The Morgan fingerprint density at radius 3 is 2.56 bits per heavy atom. The van der Waals surface area contributed by atoms with Crippen LogP contribution in [0.1, 0.15) is 18.2 Å². The maximum atomic E-state index is 14.8. The number of fused-ring (bicyclic) bond motifs is 1. The highest BCUT2D eigenvalue weighted by Gasteiger charge is 2.24. The molecule has 0 fully saturated rings. The maximum absolute atomic E-state index is 14.8. The van der Waals surface area contributed by atoms with Crippen LogP contribution in [0.4, 0.5) is 20.4 Å². The van der Waals surface area contributed by atoms with Crippen molar-refractivity contribution in [1.29, 1.82) is 0 Å². The van der Waals surface area contributed by atoms with Crippen LogP contribution in [0.15, 0.2) is 23.3 Å². The maximum Gasteiger partial charge on any atom is 0.238 e. The third kappa shape index (κ3) is 4.07. The second kappa shape index (κ2) is 7.33. The second-order valence-corrected chi connectivity index (χ2v) is 9.37. The van der Waals surface area contributed by atoms with E-state index in [2.05, 4.69) is 53.0 Å². The summed E-state index contributed by atoms with van der Waals surface area (Å²) in [5, 5.41) is 4.02. The summed E-state index contributed by atoms with van der Waals surface area (Å²) in [5.74, 6) is -1.16. The normalized spacial score (nSPS) is 12.4. The standard InChI is InChI=1S/C17H17F2N5S3/c1-3-21-14-8(2)4-9(5-10(14)18)13-11(19)7-24-15(13)12(6-17(25,26)27)22-16(20)23-24/h3-5,7,25-27H,6H2,1-2H3,(H2,20,23). The summed E-state index contributed by atoms with van der Waals surface area (Å²) in [5.41, 5.74) is 7.78. The lowest BCUT2D eigenvalue weighted by molar-refractivity contribution is 0.624. The van der Waals surface area contributed by atoms with E-state index in [-0.39, 0.29) is 23.6 Å². The Hall–Kier alpha value is -1.78. The summed E-state index contributed by atoms with van der Waals surface area (Å²) >= 11 is 12.8. The first-order chi connectivity index (χ1) is 12.6. The fraction of sp³-hybridized carbons (Fsp3) is 0.235. The predicted octanol–water partition coefficient (Wildman–Crippen LogP) is 4.27. The summed E-state index contributed by atoms with van der Waals surface area (Å²) in [6.45, 7) is 3.40. The molecule has 2 N–H and O–H groups in total. The van der Waals surface area contributed by atoms with Gasteiger partial charge in [-0.25, -0.2) is 18.3 Å². The number of halogens is 2. The summed E-state index contributed by atoms with van der Waals surface area (Å²) in [6.07, 6.45) is 2.84. The molecule has 142 valence electrons. The molecular weight excluding hydrogens is 408 g/mol. The number of nitrogens with two attached hydrogens (primary N) is 1. The van der Waals surface area contributed by atoms with Gasteiger partial charge in [-0.2, -0.15) is 37.9 Å². The minimum Gasteiger partial charge on any atom is -0.367 e. The number of rotatable bonds is 4. The third-order valence-electron chi connectivity index (χ3n) is 3.88. The Bertz CT molecular complexity index is 1030. The van der Waals surface area contributed by atoms with Gasteiger partial charge in [0, 0.05) is 18.2 Å². The summed E-state index contributed by atoms with van der Waals surface area (Å²) in [6, 6.07) is 2.91. The highest BCUT2D eigenvalue weighted by molar-refractivity contribution is 8.16. The van der Waals surface area contributed by atoms with E-state index in [0.29, 0.717) is 22.3 Å². The molecule has 10 heteroatoms. The average molecular weight is 426 g/mol. The fourth-order valence-corrected chi connectivity index (χ4v) is 3.39. The van der Waals surface area contributed by atoms with Crippen LogP contribution in [-0.2, 0) is 6.42 Å². The summed E-state index contributed by atoms with van der Waals surface area (Å²) < 4.78 is 29.6. The topological polar surface area (TPSA) is 68.6 Å². The number of aromatic nitrogens is 3. The number of benzene rings is 1. The quantitative estimate of drug-likeness (QED) is 0.287. The van der Waals surface area contributed by atoms with Crippen molar-refractivity contribution in [2.45, 2.75) is 23.7 Å². The number of aliphatic imine (C=N–C) groups is 1. The molecule has 0 aliphatic rings. The van der Waals surface area contributed by atoms with E-state index in [9.17, 15) is 8.78 Å². The molecule has 0 saturated heterocycles. The van der Waals surface area contributed by atoms with Crippen LogP contribution in [0.25, 0.3) is 16.6 Å². The Morgan fingerprint density at radius 2 is 1.96 bits per heavy atom. The van der Waals surface area contributed by atoms with Crippen molar-refractivity contribution in [3.05, 3.63) is 41.2 Å². The van der Waals surface area contributed by atoms with Crippen molar-refractivity contribution in [3.8, 4) is 11.1 Å². The Morgan fingerprint density at radius 1 is 1.26 bits per heavy atom. The molecule has 0 bridgehead atoms. The van der Waals surface area contributed by atoms with E-state index in [4.69, 9.17) is 5.73 Å². The summed E-state index contributed by atoms with van der Waals surface area (Å²) in [4.78, 5) is 8.21. The van der Waals surface area contributed by atoms with Crippen LogP contribution in [0.2, 0.25) is 0 Å². The van der Waals surface area contributed by atoms with E-state index < -0.39 is 15.0 Å². The van der Waals surface area contributed by atoms with Crippen LogP contribution in [0.5, 0.6) is 0 Å². The van der Waals surface area contributed by atoms with Gasteiger partial charge in [0.1, 0.15) is 14.9 Å². The average Bonchev–Trinajstić information content (AvgIpc) is 2.85. The van der Waals surface area contributed by atoms with Crippen LogP contribution in [0.3, 0.4) is 0 Å². The van der Waals surface area contributed by atoms with E-state index in [1.807, 2.05) is 0 Å². The highest BCUT2D eigenvalue weighted by Crippen LogP contribution is 2.37. The van der Waals surface area contributed by atoms with E-state index in [1.54, 1.807) is 19.9 Å². The first-order valence-corrected chi connectivity index (χ1v) is 9.24. The molecule has 0 spiro atoms. The number of hydrogen-bond donors (Lipinski definition) is 4. The zero-order chi connectivity index (χ0) is 19.9. The van der Waals surface area contributed by atoms with Crippen LogP contribution >= 0.6 is 37.9 Å². The molecular formula is C17H17F2N5S3. The van der Waals surface area contributed by atoms with Crippen molar-refractivity contribution in [3.63, 3.8) is 0 Å². The number of aryl methyl sites for hydroxylation is 1. The molecule has 27 heavy (non-hydrogen) atoms. The van der Waals surface area contributed by atoms with Crippen molar-refractivity contribution in [2.24, 2.45) is 4.99 Å². The van der Waals surface area contributed by atoms with Gasteiger partial charge in [-0.1, -0.05) is 0 Å². The second-order valence-electron chi connectivity index (χ2n) is 6.02. The van der Waals surface area contributed by atoms with Crippen molar-refractivity contribution < 1.29 is 8.78 Å². The molecule has 1 aromatic carbocycles. The highest BCUT2D eigenvalue weighted by atomic mass is 32.2. The first kappa shape index (κ1) is 20.0. The third-order valence-corrected chi connectivity index (χ3v) is 4.35. The molecule has 0 aliphatic carbocycles. The van der Waals surface area contributed by atoms with Gasteiger partial charge in [0.05, 0.1) is 17.4 Å². The van der Waals surface area contributed by atoms with Crippen molar-refractivity contribution in [2.75, 3.05) is 5.73 Å². The molecule has 0 amide bonds. The van der Waals surface area contributed by atoms with Crippen molar-refractivity contribution in [1.82, 2.24) is 14.6 Å². The largest absolute Gasteiger partial charge is 0.367 e. The zero-order valence-corrected chi connectivity index (χ0v) is 17.2. The van der Waals surface area contributed by atoms with E-state index >= 15 is 0 Å². The van der Waals surface area contributed by atoms with Gasteiger partial charge >= 0.3 is 0 Å². The Balaban J connectivity index is 2.31. The minimum atomic E-state index is -1.01. The number of hydrogen-bond acceptors (Lipinski definition) is 7. The zero-order valence-electron chi connectivity index (χ0n) is 14.5. The number of anilines is 1. The molecule has 0 radical (unpaired) electrons. The van der Waals surface area contributed by atoms with E-state index in [1.165, 1.54) is 23.0 Å². The lowest BCUT2D eigenvalue weighted by atomic mass is 10.0. The van der Waals surface area contributed by atoms with Gasteiger partial charge < -0.3 is 5.73 Å². The molecule has 3 rings (SSSR count). The van der Waals surface area contributed by atoms with Gasteiger partial charge in [-0.3, -0.25) is 4.99 Å².